The maximum Gasteiger partial charge on any atom is 0.0954 e. The highest BCUT2D eigenvalue weighted by Crippen LogP contribution is 2.21. The van der Waals surface area contributed by atoms with Crippen molar-refractivity contribution in [1.29, 1.82) is 0 Å². The molecule has 0 radical (unpaired) electrons. The molecule has 0 N–H and O–H groups in total. The molecule has 4 heteroatoms. The fourth-order valence-electron chi connectivity index (χ4n) is 2.29. The van der Waals surface area contributed by atoms with Gasteiger partial charge in [-0.2, -0.15) is 0 Å². The van der Waals surface area contributed by atoms with Crippen LogP contribution >= 0.6 is 11.3 Å². The van der Waals surface area contributed by atoms with Gasteiger partial charge in [0.15, 0.2) is 0 Å². The molecule has 1 atom stereocenters. The van der Waals surface area contributed by atoms with Gasteiger partial charge in [0.25, 0.3) is 0 Å². The monoisotopic (exact) mass is 268 g/mol. The van der Waals surface area contributed by atoms with Crippen molar-refractivity contribution >= 4 is 11.3 Å². The molecular weight excluding hydrogens is 244 g/mol. The van der Waals surface area contributed by atoms with Gasteiger partial charge in [0.2, 0.25) is 0 Å². The minimum absolute atomic E-state index is 0.544. The predicted octanol–water partition coefficient (Wildman–Crippen LogP) is 3.12. The van der Waals surface area contributed by atoms with Crippen molar-refractivity contribution in [2.45, 2.75) is 39.7 Å². The normalized spacial score (nSPS) is 20.2. The number of thiazole rings is 1. The van der Waals surface area contributed by atoms with Gasteiger partial charge in [0.05, 0.1) is 17.3 Å². The highest BCUT2D eigenvalue weighted by molar-refractivity contribution is 7.09. The van der Waals surface area contributed by atoms with Crippen LogP contribution in [0.3, 0.4) is 0 Å². The lowest BCUT2D eigenvalue weighted by Gasteiger charge is -2.22. The summed E-state index contributed by atoms with van der Waals surface area (Å²) in [7, 11) is 0. The number of nitrogens with zero attached hydrogens (tertiary/aromatic N) is 2. The molecule has 2 rings (SSSR count). The molecular formula is C14H24N2OS. The molecule has 1 unspecified atom stereocenters. The largest absolute Gasteiger partial charge is 0.381 e. The summed E-state index contributed by atoms with van der Waals surface area (Å²) < 4.78 is 5.45. The summed E-state index contributed by atoms with van der Waals surface area (Å²) in [5, 5.41) is 3.47. The Balaban J connectivity index is 1.88. The van der Waals surface area contributed by atoms with Gasteiger partial charge in [-0.25, -0.2) is 4.98 Å². The highest BCUT2D eigenvalue weighted by atomic mass is 32.1. The Morgan fingerprint density at radius 2 is 2.39 bits per heavy atom. The van der Waals surface area contributed by atoms with Gasteiger partial charge >= 0.3 is 0 Å². The summed E-state index contributed by atoms with van der Waals surface area (Å²) in [6.07, 6.45) is 1.21. The second kappa shape index (κ2) is 6.64. The zero-order chi connectivity index (χ0) is 13.0. The number of hydrogen-bond donors (Lipinski definition) is 0. The summed E-state index contributed by atoms with van der Waals surface area (Å²) in [4.78, 5) is 7.20. The van der Waals surface area contributed by atoms with Gasteiger partial charge in [0, 0.05) is 31.0 Å². The van der Waals surface area contributed by atoms with Crippen LogP contribution in [0.1, 0.15) is 43.8 Å². The van der Waals surface area contributed by atoms with E-state index in [0.29, 0.717) is 11.8 Å². The van der Waals surface area contributed by atoms with Crippen molar-refractivity contribution in [3.05, 3.63) is 16.1 Å². The molecule has 1 fully saturated rings. The van der Waals surface area contributed by atoms with Crippen LogP contribution < -0.4 is 0 Å². The third kappa shape index (κ3) is 3.77. The van der Waals surface area contributed by atoms with Gasteiger partial charge in [-0.05, 0) is 18.9 Å². The zero-order valence-electron chi connectivity index (χ0n) is 11.7. The Morgan fingerprint density at radius 1 is 1.56 bits per heavy atom. The quantitative estimate of drug-likeness (QED) is 0.792. The highest BCUT2D eigenvalue weighted by Gasteiger charge is 2.19. The minimum Gasteiger partial charge on any atom is -0.381 e. The van der Waals surface area contributed by atoms with E-state index in [9.17, 15) is 0 Å². The Morgan fingerprint density at radius 3 is 2.94 bits per heavy atom. The van der Waals surface area contributed by atoms with Crippen LogP contribution in [0.4, 0.5) is 0 Å². The van der Waals surface area contributed by atoms with E-state index in [-0.39, 0.29) is 0 Å². The maximum absolute atomic E-state index is 5.45. The van der Waals surface area contributed by atoms with Gasteiger partial charge < -0.3 is 4.74 Å². The average molecular weight is 268 g/mol. The average Bonchev–Trinajstić information content (AvgIpc) is 2.99. The summed E-state index contributed by atoms with van der Waals surface area (Å²) >= 11 is 1.79. The smallest absolute Gasteiger partial charge is 0.0954 e. The number of hydrogen-bond acceptors (Lipinski definition) is 4. The lowest BCUT2D eigenvalue weighted by Crippen LogP contribution is -2.29. The molecule has 0 bridgehead atoms. The molecule has 0 aliphatic carbocycles. The van der Waals surface area contributed by atoms with Crippen molar-refractivity contribution in [2.75, 3.05) is 26.3 Å². The number of aromatic nitrogens is 1. The standard InChI is InChI=1S/C14H24N2OS/c1-4-16(7-12-5-6-17-9-12)8-13-10-18-14(15-13)11(2)3/h10-12H,4-9H2,1-3H3. The lowest BCUT2D eigenvalue weighted by molar-refractivity contribution is 0.166. The van der Waals surface area contributed by atoms with E-state index in [2.05, 4.69) is 31.1 Å². The molecule has 0 spiro atoms. The molecule has 1 aliphatic rings. The van der Waals surface area contributed by atoms with Crippen LogP contribution in [-0.2, 0) is 11.3 Å². The predicted molar refractivity (Wildman–Crippen MR) is 76.1 cm³/mol. The summed E-state index contributed by atoms with van der Waals surface area (Å²) in [6.45, 7) is 11.7. The third-order valence-corrected chi connectivity index (χ3v) is 4.63. The number of ether oxygens (including phenoxy) is 1. The van der Waals surface area contributed by atoms with Crippen molar-refractivity contribution in [3.63, 3.8) is 0 Å². The van der Waals surface area contributed by atoms with Crippen LogP contribution in [0.5, 0.6) is 0 Å². The van der Waals surface area contributed by atoms with Crippen molar-refractivity contribution in [3.8, 4) is 0 Å². The van der Waals surface area contributed by atoms with Crippen LogP contribution in [0.25, 0.3) is 0 Å². The molecule has 1 saturated heterocycles. The lowest BCUT2D eigenvalue weighted by atomic mass is 10.1. The second-order valence-corrected chi connectivity index (χ2v) is 6.28. The first-order chi connectivity index (χ1) is 8.69. The fourth-order valence-corrected chi connectivity index (χ4v) is 3.11. The van der Waals surface area contributed by atoms with Crippen LogP contribution in [-0.4, -0.2) is 36.2 Å². The van der Waals surface area contributed by atoms with E-state index < -0.39 is 0 Å². The van der Waals surface area contributed by atoms with Crippen LogP contribution in [0.2, 0.25) is 0 Å². The summed E-state index contributed by atoms with van der Waals surface area (Å²) in [5.41, 5.74) is 1.23. The molecule has 1 aromatic heterocycles. The molecule has 0 saturated carbocycles. The minimum atomic E-state index is 0.544. The Kier molecular flexibility index (Phi) is 5.15. The van der Waals surface area contributed by atoms with E-state index in [1.807, 2.05) is 0 Å². The van der Waals surface area contributed by atoms with E-state index in [0.717, 1.165) is 32.8 Å². The van der Waals surface area contributed by atoms with Gasteiger partial charge in [-0.3, -0.25) is 4.90 Å². The van der Waals surface area contributed by atoms with Crippen molar-refractivity contribution < 1.29 is 4.74 Å². The van der Waals surface area contributed by atoms with Crippen LogP contribution in [0.15, 0.2) is 5.38 Å². The van der Waals surface area contributed by atoms with Gasteiger partial charge in [0.1, 0.15) is 0 Å². The maximum atomic E-state index is 5.45. The molecule has 18 heavy (non-hydrogen) atoms. The Bertz CT molecular complexity index is 358. The molecule has 1 aliphatic heterocycles. The topological polar surface area (TPSA) is 25.4 Å². The van der Waals surface area contributed by atoms with E-state index in [1.165, 1.54) is 17.1 Å². The van der Waals surface area contributed by atoms with E-state index >= 15 is 0 Å². The molecule has 3 nitrogen and oxygen atoms in total. The first-order valence-electron chi connectivity index (χ1n) is 6.93. The molecule has 1 aromatic rings. The Labute approximate surface area is 114 Å². The van der Waals surface area contributed by atoms with Crippen molar-refractivity contribution in [2.24, 2.45) is 5.92 Å². The summed E-state index contributed by atoms with van der Waals surface area (Å²) in [6, 6.07) is 0. The second-order valence-electron chi connectivity index (χ2n) is 5.39. The van der Waals surface area contributed by atoms with E-state index in [1.54, 1.807) is 11.3 Å². The molecule has 0 aromatic carbocycles. The number of rotatable bonds is 6. The van der Waals surface area contributed by atoms with Crippen LogP contribution in [0, 0.1) is 5.92 Å². The molecule has 0 amide bonds. The third-order valence-electron chi connectivity index (χ3n) is 3.44. The SMILES string of the molecule is CCN(Cc1csc(C(C)C)n1)CC1CCOC1. The van der Waals surface area contributed by atoms with Gasteiger partial charge in [-0.15, -0.1) is 11.3 Å². The molecule has 102 valence electrons. The van der Waals surface area contributed by atoms with Crippen molar-refractivity contribution in [1.82, 2.24) is 9.88 Å². The fraction of sp³-hybridized carbons (Fsp3) is 0.786. The zero-order valence-corrected chi connectivity index (χ0v) is 12.5. The first kappa shape index (κ1) is 14.0. The Hall–Kier alpha value is -0.450. The van der Waals surface area contributed by atoms with E-state index in [4.69, 9.17) is 9.72 Å². The first-order valence-corrected chi connectivity index (χ1v) is 7.81. The van der Waals surface area contributed by atoms with Gasteiger partial charge in [-0.1, -0.05) is 20.8 Å². The molecule has 2 heterocycles. The summed E-state index contributed by atoms with van der Waals surface area (Å²) in [5.74, 6) is 1.26.